The van der Waals surface area contributed by atoms with E-state index in [1.54, 1.807) is 12.1 Å². The number of H-pyrrole nitrogens is 1. The van der Waals surface area contributed by atoms with Crippen LogP contribution in [-0.2, 0) is 10.0 Å². The van der Waals surface area contributed by atoms with Gasteiger partial charge in [0.15, 0.2) is 0 Å². The minimum atomic E-state index is -4.24. The fourth-order valence-corrected chi connectivity index (χ4v) is 6.16. The molecule has 1 aliphatic rings. The summed E-state index contributed by atoms with van der Waals surface area (Å²) in [4.78, 5) is 27.2. The zero-order valence-electron chi connectivity index (χ0n) is 20.3. The van der Waals surface area contributed by atoms with Crippen molar-refractivity contribution in [1.29, 1.82) is 0 Å². The molecule has 36 heavy (non-hydrogen) atoms. The minimum Gasteiger partial charge on any atom is -0.383 e. The van der Waals surface area contributed by atoms with E-state index in [2.05, 4.69) is 40.4 Å². The van der Waals surface area contributed by atoms with Gasteiger partial charge in [0.2, 0.25) is 0 Å². The molecule has 0 spiro atoms. The summed E-state index contributed by atoms with van der Waals surface area (Å²) in [5.74, 6) is -0.127. The molecule has 3 aromatic heterocycles. The van der Waals surface area contributed by atoms with E-state index in [-0.39, 0.29) is 26.1 Å². The van der Waals surface area contributed by atoms with Crippen LogP contribution < -0.4 is 15.4 Å². The van der Waals surface area contributed by atoms with Gasteiger partial charge in [0.25, 0.3) is 15.9 Å². The Balaban J connectivity index is 0.00000178. The number of hydrogen-bond donors (Lipinski definition) is 3. The zero-order valence-corrected chi connectivity index (χ0v) is 21.1. The summed E-state index contributed by atoms with van der Waals surface area (Å²) < 4.78 is 28.1. The second-order valence-electron chi connectivity index (χ2n) is 9.87. The Bertz CT molecular complexity index is 1590. The molecule has 4 aromatic rings. The average Bonchev–Trinajstić information content (AvgIpc) is 3.41. The van der Waals surface area contributed by atoms with Gasteiger partial charge in [-0.05, 0) is 62.6 Å². The van der Waals surface area contributed by atoms with Gasteiger partial charge >= 0.3 is 0 Å². The van der Waals surface area contributed by atoms with Crippen molar-refractivity contribution in [2.75, 3.05) is 17.2 Å². The third kappa shape index (κ3) is 4.17. The number of aromatic nitrogens is 3. The quantitative estimate of drug-likeness (QED) is 0.355. The number of carbonyl (C=O) groups is 1. The highest BCUT2D eigenvalue weighted by Gasteiger charge is 2.39. The molecule has 1 aliphatic heterocycles. The largest absolute Gasteiger partial charge is 0.383 e. The number of amides is 1. The van der Waals surface area contributed by atoms with Crippen molar-refractivity contribution in [3.8, 4) is 11.3 Å². The van der Waals surface area contributed by atoms with Gasteiger partial charge in [0.05, 0.1) is 11.3 Å². The summed E-state index contributed by atoms with van der Waals surface area (Å²) in [6.07, 6.45) is 4.17. The van der Waals surface area contributed by atoms with Crippen molar-refractivity contribution >= 4 is 38.5 Å². The number of aromatic amines is 1. The van der Waals surface area contributed by atoms with Crippen LogP contribution in [0.3, 0.4) is 0 Å². The van der Waals surface area contributed by atoms with Crippen LogP contribution in [0.2, 0.25) is 0 Å². The highest BCUT2D eigenvalue weighted by molar-refractivity contribution is 7.90. The lowest BCUT2D eigenvalue weighted by Gasteiger charge is -2.34. The molecule has 10 heteroatoms. The van der Waals surface area contributed by atoms with Crippen molar-refractivity contribution in [1.82, 2.24) is 19.7 Å². The van der Waals surface area contributed by atoms with Gasteiger partial charge in [0, 0.05) is 45.2 Å². The van der Waals surface area contributed by atoms with Gasteiger partial charge in [-0.15, -0.1) is 0 Å². The van der Waals surface area contributed by atoms with Crippen LogP contribution in [0, 0.1) is 5.92 Å². The van der Waals surface area contributed by atoms with Crippen LogP contribution in [-0.4, -0.2) is 41.4 Å². The summed E-state index contributed by atoms with van der Waals surface area (Å²) in [5.41, 5.74) is 8.26. The molecular weight excluding hydrogens is 476 g/mol. The number of nitrogen functional groups attached to an aromatic ring is 1. The Labute approximate surface area is 214 Å². The molecular formula is C26H34N6O3S. The Morgan fingerprint density at radius 1 is 1.19 bits per heavy atom. The predicted octanol–water partition coefficient (Wildman–Crippen LogP) is 4.69. The second kappa shape index (κ2) is 8.63. The Kier molecular flexibility index (Phi) is 5.71. The van der Waals surface area contributed by atoms with Crippen molar-refractivity contribution in [2.24, 2.45) is 5.92 Å². The number of carbonyl (C=O) groups excluding carboxylic acids is 1. The van der Waals surface area contributed by atoms with E-state index in [1.165, 1.54) is 18.3 Å². The number of nitrogens with two attached hydrogens (primary N) is 1. The molecule has 1 saturated heterocycles. The first-order valence-electron chi connectivity index (χ1n) is 11.7. The van der Waals surface area contributed by atoms with E-state index in [1.807, 2.05) is 30.5 Å². The molecule has 1 atom stereocenters. The second-order valence-corrected chi connectivity index (χ2v) is 11.5. The van der Waals surface area contributed by atoms with Crippen molar-refractivity contribution in [2.45, 2.75) is 37.6 Å². The number of pyridine rings is 2. The highest BCUT2D eigenvalue weighted by Crippen LogP contribution is 2.39. The summed E-state index contributed by atoms with van der Waals surface area (Å²) in [7, 11) is -4.24. The third-order valence-corrected chi connectivity index (χ3v) is 8.01. The van der Waals surface area contributed by atoms with E-state index in [0.717, 1.165) is 22.9 Å². The predicted molar refractivity (Wildman–Crippen MR) is 146 cm³/mol. The van der Waals surface area contributed by atoms with Crippen molar-refractivity contribution in [3.63, 3.8) is 0 Å². The lowest BCUT2D eigenvalue weighted by atomic mass is 9.97. The maximum Gasteiger partial charge on any atom is 0.268 e. The van der Waals surface area contributed by atoms with Crippen LogP contribution in [0.1, 0.15) is 41.8 Å². The van der Waals surface area contributed by atoms with Crippen LogP contribution in [0.15, 0.2) is 65.8 Å². The van der Waals surface area contributed by atoms with E-state index in [4.69, 9.17) is 10.7 Å². The summed E-state index contributed by atoms with van der Waals surface area (Å²) in [6.45, 7) is 7.06. The Hall–Kier alpha value is -3.92. The zero-order chi connectivity index (χ0) is 25.7. The number of anilines is 2. The van der Waals surface area contributed by atoms with Crippen molar-refractivity contribution in [3.05, 3.63) is 66.5 Å². The highest BCUT2D eigenvalue weighted by atomic mass is 32.2. The summed E-state index contributed by atoms with van der Waals surface area (Å²) >= 11 is 0. The first-order chi connectivity index (χ1) is 17.1. The smallest absolute Gasteiger partial charge is 0.268 e. The molecule has 4 heterocycles. The van der Waals surface area contributed by atoms with Crippen LogP contribution in [0.25, 0.3) is 22.2 Å². The molecule has 1 amide bonds. The number of nitrogens with zero attached hydrogens (tertiary/aromatic N) is 3. The van der Waals surface area contributed by atoms with E-state index in [0.29, 0.717) is 24.0 Å². The summed E-state index contributed by atoms with van der Waals surface area (Å²) in [6, 6.07) is 14.0. The normalized spacial score (nSPS) is 17.4. The number of sulfonamides is 1. The lowest BCUT2D eigenvalue weighted by Crippen LogP contribution is -2.41. The molecule has 1 fully saturated rings. The first-order valence-corrected chi connectivity index (χ1v) is 13.2. The molecule has 5 rings (SSSR count). The van der Waals surface area contributed by atoms with Gasteiger partial charge in [-0.3, -0.25) is 4.79 Å². The molecule has 4 N–H and O–H groups in total. The molecule has 0 radical (unpaired) electrons. The van der Waals surface area contributed by atoms with Crippen LogP contribution in [0.5, 0.6) is 0 Å². The van der Waals surface area contributed by atoms with Crippen LogP contribution in [0.4, 0.5) is 11.6 Å². The summed E-state index contributed by atoms with van der Waals surface area (Å²) in [5, 5.41) is 1.01. The van der Waals surface area contributed by atoms with E-state index in [9.17, 15) is 13.2 Å². The minimum absolute atomic E-state index is 0. The van der Waals surface area contributed by atoms with Gasteiger partial charge in [-0.25, -0.2) is 23.1 Å². The third-order valence-electron chi connectivity index (χ3n) is 6.64. The first kappa shape index (κ1) is 23.8. The molecule has 1 aromatic carbocycles. The van der Waals surface area contributed by atoms with E-state index < -0.39 is 15.9 Å². The standard InChI is InChI=1S/C26H28N6O3S.3H2/c1-16-14-26(2,3)32(15-16)24-19(25(33)31-36(34,35)22-8-5-12-29-23(22)27)9-10-21(30-24)17-6-4-7-20-18(17)11-13-28-20;;;/h4-13,16,28H,14-15H2,1-3H3,(H2,27,29)(H,31,33);3*1H/t16-;;;/m0.../s1. The number of hydrogen-bond acceptors (Lipinski definition) is 7. The maximum atomic E-state index is 13.4. The van der Waals surface area contributed by atoms with Crippen LogP contribution >= 0.6 is 0 Å². The molecule has 0 bridgehead atoms. The van der Waals surface area contributed by atoms with E-state index >= 15 is 0 Å². The van der Waals surface area contributed by atoms with Crippen molar-refractivity contribution < 1.29 is 17.5 Å². The molecule has 0 unspecified atom stereocenters. The van der Waals surface area contributed by atoms with Gasteiger partial charge in [-0.1, -0.05) is 19.1 Å². The lowest BCUT2D eigenvalue weighted by molar-refractivity contribution is 0.0981. The number of benzene rings is 1. The van der Waals surface area contributed by atoms with Gasteiger partial charge in [0.1, 0.15) is 16.5 Å². The fraction of sp³-hybridized carbons (Fsp3) is 0.269. The SMILES string of the molecule is C[C@@H]1CN(c2nc(-c3cccc4[nH]ccc34)ccc2C(=O)NS(=O)(=O)c2cccnc2N)C(C)(C)C1.[HH].[HH].[HH]. The molecule has 192 valence electrons. The molecule has 0 aliphatic carbocycles. The molecule has 9 nitrogen and oxygen atoms in total. The monoisotopic (exact) mass is 510 g/mol. The Morgan fingerprint density at radius 2 is 2.00 bits per heavy atom. The molecule has 0 saturated carbocycles. The number of nitrogens with one attached hydrogen (secondary N) is 2. The Morgan fingerprint density at radius 3 is 2.72 bits per heavy atom. The van der Waals surface area contributed by atoms with Gasteiger partial charge < -0.3 is 15.6 Å². The van der Waals surface area contributed by atoms with Gasteiger partial charge in [-0.2, -0.15) is 0 Å². The number of fused-ring (bicyclic) bond motifs is 1. The topological polar surface area (TPSA) is 134 Å². The maximum absolute atomic E-state index is 13.4. The fourth-order valence-electron chi connectivity index (χ4n) is 5.11. The number of rotatable bonds is 5. The average molecular weight is 511 g/mol.